The summed E-state index contributed by atoms with van der Waals surface area (Å²) in [5.74, 6) is 2.10. The van der Waals surface area contributed by atoms with Gasteiger partial charge in [0.2, 0.25) is 0 Å². The Hall–Kier alpha value is -3.18. The first-order valence-corrected chi connectivity index (χ1v) is 9.54. The van der Waals surface area contributed by atoms with Gasteiger partial charge in [-0.15, -0.1) is 0 Å². The highest BCUT2D eigenvalue weighted by molar-refractivity contribution is 5.71. The maximum atomic E-state index is 6.18. The van der Waals surface area contributed by atoms with Crippen LogP contribution < -0.4 is 5.73 Å². The lowest BCUT2D eigenvalue weighted by Gasteiger charge is -2.12. The molecule has 5 heteroatoms. The van der Waals surface area contributed by atoms with E-state index in [9.17, 15) is 0 Å². The molecule has 0 aliphatic heterocycles. The average Bonchev–Trinajstić information content (AvgIpc) is 3.37. The number of rotatable bonds is 5. The molecule has 0 saturated heterocycles. The predicted octanol–water partition coefficient (Wildman–Crippen LogP) is 5.10. The first-order chi connectivity index (χ1) is 13.5. The van der Waals surface area contributed by atoms with E-state index >= 15 is 0 Å². The lowest BCUT2D eigenvalue weighted by molar-refractivity contribution is 0.494. The number of hydrogen-bond donors (Lipinski definition) is 3. The second-order valence-corrected chi connectivity index (χ2v) is 7.49. The predicted molar refractivity (Wildman–Crippen MR) is 114 cm³/mol. The molecule has 5 nitrogen and oxygen atoms in total. The van der Waals surface area contributed by atoms with Crippen molar-refractivity contribution in [3.8, 4) is 33.6 Å². The monoisotopic (exact) mass is 371 g/mol. The summed E-state index contributed by atoms with van der Waals surface area (Å²) < 4.78 is 0. The topological polar surface area (TPSA) is 83.4 Å². The second kappa shape index (κ2) is 7.44. The molecule has 142 valence electrons. The minimum Gasteiger partial charge on any atom is -0.342 e. The van der Waals surface area contributed by atoms with E-state index in [1.807, 2.05) is 19.3 Å². The molecule has 0 amide bonds. The first-order valence-electron chi connectivity index (χ1n) is 9.54. The zero-order valence-corrected chi connectivity index (χ0v) is 16.4. The number of H-pyrrole nitrogens is 2. The van der Waals surface area contributed by atoms with Crippen LogP contribution in [0.2, 0.25) is 0 Å². The minimum absolute atomic E-state index is 0.0785. The highest BCUT2D eigenvalue weighted by Gasteiger charge is 2.14. The number of nitrogens with zero attached hydrogens (tertiary/aromatic N) is 2. The zero-order chi connectivity index (χ0) is 19.7. The molecule has 1 atom stereocenters. The average molecular weight is 371 g/mol. The van der Waals surface area contributed by atoms with Gasteiger partial charge in [0.15, 0.2) is 0 Å². The molecular weight excluding hydrogens is 346 g/mol. The smallest absolute Gasteiger partial charge is 0.123 e. The van der Waals surface area contributed by atoms with E-state index in [0.717, 1.165) is 34.2 Å². The van der Waals surface area contributed by atoms with E-state index < -0.39 is 0 Å². The third kappa shape index (κ3) is 3.62. The number of aromatic nitrogens is 4. The Balaban J connectivity index is 1.53. The number of aryl methyl sites for hydroxylation is 1. The Morgan fingerprint density at radius 3 is 1.64 bits per heavy atom. The van der Waals surface area contributed by atoms with Gasteiger partial charge < -0.3 is 15.7 Å². The van der Waals surface area contributed by atoms with Gasteiger partial charge in [0.1, 0.15) is 11.6 Å². The Labute approximate surface area is 165 Å². The minimum atomic E-state index is -0.0785. The van der Waals surface area contributed by atoms with Crippen molar-refractivity contribution in [3.63, 3.8) is 0 Å². The van der Waals surface area contributed by atoms with Gasteiger partial charge in [-0.2, -0.15) is 0 Å². The van der Waals surface area contributed by atoms with E-state index in [4.69, 9.17) is 5.73 Å². The van der Waals surface area contributed by atoms with Crippen LogP contribution in [0.3, 0.4) is 0 Å². The molecule has 0 spiro atoms. The van der Waals surface area contributed by atoms with Gasteiger partial charge in [-0.3, -0.25) is 0 Å². The van der Waals surface area contributed by atoms with Crippen molar-refractivity contribution in [1.82, 2.24) is 19.9 Å². The Morgan fingerprint density at radius 2 is 1.18 bits per heavy atom. The molecule has 0 bridgehead atoms. The molecule has 28 heavy (non-hydrogen) atoms. The molecule has 4 rings (SSSR count). The van der Waals surface area contributed by atoms with Crippen LogP contribution in [0.15, 0.2) is 60.9 Å². The maximum absolute atomic E-state index is 6.18. The summed E-state index contributed by atoms with van der Waals surface area (Å²) in [6.07, 6.45) is 3.72. The third-order valence-electron chi connectivity index (χ3n) is 5.06. The molecule has 0 radical (unpaired) electrons. The van der Waals surface area contributed by atoms with Crippen LogP contribution in [-0.2, 0) is 0 Å². The lowest BCUT2D eigenvalue weighted by atomic mass is 10.0. The summed E-state index contributed by atoms with van der Waals surface area (Å²) in [5.41, 5.74) is 12.8. The van der Waals surface area contributed by atoms with Crippen molar-refractivity contribution in [2.75, 3.05) is 0 Å². The van der Waals surface area contributed by atoms with Crippen LogP contribution in [0.1, 0.15) is 31.5 Å². The molecule has 2 aromatic heterocycles. The summed E-state index contributed by atoms with van der Waals surface area (Å²) in [6, 6.07) is 16.9. The van der Waals surface area contributed by atoms with Gasteiger partial charge in [-0.1, -0.05) is 62.4 Å². The van der Waals surface area contributed by atoms with E-state index in [2.05, 4.69) is 82.3 Å². The first kappa shape index (κ1) is 18.2. The van der Waals surface area contributed by atoms with Crippen molar-refractivity contribution in [3.05, 3.63) is 72.6 Å². The van der Waals surface area contributed by atoms with E-state index in [-0.39, 0.29) is 6.04 Å². The highest BCUT2D eigenvalue weighted by atomic mass is 15.0. The molecule has 2 aromatic carbocycles. The Kier molecular flexibility index (Phi) is 4.84. The number of benzene rings is 2. The van der Waals surface area contributed by atoms with Gasteiger partial charge in [0, 0.05) is 0 Å². The molecule has 2 heterocycles. The van der Waals surface area contributed by atoms with E-state index in [0.29, 0.717) is 5.92 Å². The van der Waals surface area contributed by atoms with Gasteiger partial charge in [-0.05, 0) is 35.1 Å². The van der Waals surface area contributed by atoms with Crippen LogP contribution in [0.25, 0.3) is 33.6 Å². The number of nitrogens with one attached hydrogen (secondary N) is 2. The zero-order valence-electron chi connectivity index (χ0n) is 16.4. The van der Waals surface area contributed by atoms with Crippen LogP contribution in [-0.4, -0.2) is 19.9 Å². The van der Waals surface area contributed by atoms with Crippen molar-refractivity contribution in [1.29, 1.82) is 0 Å². The highest BCUT2D eigenvalue weighted by Crippen LogP contribution is 2.27. The van der Waals surface area contributed by atoms with Gasteiger partial charge >= 0.3 is 0 Å². The summed E-state index contributed by atoms with van der Waals surface area (Å²) >= 11 is 0. The Bertz CT molecular complexity index is 1060. The van der Waals surface area contributed by atoms with Crippen molar-refractivity contribution >= 4 is 0 Å². The van der Waals surface area contributed by atoms with Crippen molar-refractivity contribution < 1.29 is 0 Å². The maximum Gasteiger partial charge on any atom is 0.123 e. The molecule has 1 unspecified atom stereocenters. The Morgan fingerprint density at radius 1 is 0.714 bits per heavy atom. The van der Waals surface area contributed by atoms with Gasteiger partial charge in [-0.25, -0.2) is 9.97 Å². The molecule has 0 fully saturated rings. The lowest BCUT2D eigenvalue weighted by Crippen LogP contribution is -2.18. The van der Waals surface area contributed by atoms with Crippen molar-refractivity contribution in [2.24, 2.45) is 11.7 Å². The second-order valence-electron chi connectivity index (χ2n) is 7.49. The number of nitrogens with two attached hydrogens (primary N) is 1. The fourth-order valence-electron chi connectivity index (χ4n) is 3.22. The van der Waals surface area contributed by atoms with E-state index in [1.165, 1.54) is 11.1 Å². The molecule has 4 aromatic rings. The summed E-state index contributed by atoms with van der Waals surface area (Å²) in [6.45, 7) is 6.15. The largest absolute Gasteiger partial charge is 0.342 e. The van der Waals surface area contributed by atoms with Crippen molar-refractivity contribution in [2.45, 2.75) is 26.8 Å². The van der Waals surface area contributed by atoms with Gasteiger partial charge in [0.25, 0.3) is 0 Å². The number of hydrogen-bond acceptors (Lipinski definition) is 3. The molecular formula is C23H25N5. The third-order valence-corrected chi connectivity index (χ3v) is 5.06. The normalized spacial score (nSPS) is 12.5. The van der Waals surface area contributed by atoms with Gasteiger partial charge in [0.05, 0.1) is 29.8 Å². The molecule has 0 saturated carbocycles. The molecule has 0 aliphatic rings. The SMILES string of the molecule is Cc1ncc(-c2ccc(-c3ccc(-c4cnc(C(N)C(C)C)[nH]4)cc3)cc2)[nH]1. The number of aromatic amines is 2. The molecule has 4 N–H and O–H groups in total. The van der Waals surface area contributed by atoms with E-state index in [1.54, 1.807) is 0 Å². The van der Waals surface area contributed by atoms with Crippen LogP contribution >= 0.6 is 0 Å². The standard InChI is InChI=1S/C23H25N5/c1-14(2)22(24)23-26-13-21(28-23)19-10-6-17(7-11-19)16-4-8-18(9-5-16)20-12-25-15(3)27-20/h4-14,22H,24H2,1-3H3,(H,25,27)(H,26,28). The summed E-state index contributed by atoms with van der Waals surface area (Å²) in [5, 5.41) is 0. The molecule has 0 aliphatic carbocycles. The summed E-state index contributed by atoms with van der Waals surface area (Å²) in [7, 11) is 0. The van der Waals surface area contributed by atoms with Crippen LogP contribution in [0.4, 0.5) is 0 Å². The summed E-state index contributed by atoms with van der Waals surface area (Å²) in [4.78, 5) is 15.3. The fraction of sp³-hybridized carbons (Fsp3) is 0.217. The quantitative estimate of drug-likeness (QED) is 0.456. The fourth-order valence-corrected chi connectivity index (χ4v) is 3.22. The number of imidazole rings is 2. The van der Waals surface area contributed by atoms with Crippen LogP contribution in [0.5, 0.6) is 0 Å². The van der Waals surface area contributed by atoms with Crippen LogP contribution in [0, 0.1) is 12.8 Å².